The highest BCUT2D eigenvalue weighted by Crippen LogP contribution is 2.12. The Hall–Kier alpha value is -1.09. The standard InChI is InChI=1S/C22H41N2O/c1-4-5-6-7-8-9-10-11-12-13-14-15-19-25-21-24-18-16-17-22(20-24)23(2)3/h16-18,20H,4-15,19,21H2,1-3H3/q+1. The molecule has 1 heterocycles. The van der Waals surface area contributed by atoms with Crippen LogP contribution in [0, 0.1) is 0 Å². The highest BCUT2D eigenvalue weighted by atomic mass is 16.5. The predicted molar refractivity (Wildman–Crippen MR) is 108 cm³/mol. The molecule has 0 aromatic carbocycles. The fourth-order valence-corrected chi connectivity index (χ4v) is 3.07. The van der Waals surface area contributed by atoms with E-state index >= 15 is 0 Å². The SMILES string of the molecule is CCCCCCCCCCCCCCOC[n+]1cccc(N(C)C)c1. The first-order chi connectivity index (χ1) is 12.2. The molecule has 25 heavy (non-hydrogen) atoms. The van der Waals surface area contributed by atoms with E-state index in [4.69, 9.17) is 4.74 Å². The molecule has 0 aliphatic rings. The van der Waals surface area contributed by atoms with Gasteiger partial charge < -0.3 is 9.64 Å². The van der Waals surface area contributed by atoms with Gasteiger partial charge >= 0.3 is 0 Å². The Bertz CT molecular complexity index is 420. The number of aromatic nitrogens is 1. The molecule has 0 amide bonds. The first-order valence-corrected chi connectivity index (χ1v) is 10.5. The van der Waals surface area contributed by atoms with Crippen molar-refractivity contribution in [2.45, 2.75) is 90.7 Å². The molecule has 1 aromatic heterocycles. The molecule has 144 valence electrons. The van der Waals surface area contributed by atoms with E-state index in [1.807, 2.05) is 0 Å². The molecule has 3 heteroatoms. The topological polar surface area (TPSA) is 16.4 Å². The number of rotatable bonds is 16. The minimum Gasteiger partial charge on any atom is -0.373 e. The van der Waals surface area contributed by atoms with Gasteiger partial charge in [-0.3, -0.25) is 0 Å². The van der Waals surface area contributed by atoms with Gasteiger partial charge in [0.25, 0.3) is 6.73 Å². The van der Waals surface area contributed by atoms with E-state index in [2.05, 4.69) is 55.0 Å². The number of anilines is 1. The van der Waals surface area contributed by atoms with E-state index in [0.29, 0.717) is 6.73 Å². The van der Waals surface area contributed by atoms with E-state index < -0.39 is 0 Å². The molecule has 0 aliphatic heterocycles. The van der Waals surface area contributed by atoms with Crippen molar-refractivity contribution in [1.82, 2.24) is 0 Å². The number of pyridine rings is 1. The first-order valence-electron chi connectivity index (χ1n) is 10.5. The molecule has 3 nitrogen and oxygen atoms in total. The van der Waals surface area contributed by atoms with Crippen molar-refractivity contribution >= 4 is 5.69 Å². The normalized spacial score (nSPS) is 11.0. The molecule has 0 atom stereocenters. The van der Waals surface area contributed by atoms with Crippen LogP contribution in [0.1, 0.15) is 84.0 Å². The summed E-state index contributed by atoms with van der Waals surface area (Å²) in [7, 11) is 4.12. The summed E-state index contributed by atoms with van der Waals surface area (Å²) in [5, 5.41) is 0. The van der Waals surface area contributed by atoms with Gasteiger partial charge in [0.05, 0.1) is 6.61 Å². The van der Waals surface area contributed by atoms with Crippen molar-refractivity contribution in [2.75, 3.05) is 25.6 Å². The van der Waals surface area contributed by atoms with Crippen LogP contribution in [-0.4, -0.2) is 20.7 Å². The third kappa shape index (κ3) is 12.0. The minimum absolute atomic E-state index is 0.652. The fraction of sp³-hybridized carbons (Fsp3) is 0.773. The van der Waals surface area contributed by atoms with Crippen LogP contribution in [0.2, 0.25) is 0 Å². The van der Waals surface area contributed by atoms with E-state index in [-0.39, 0.29) is 0 Å². The highest BCUT2D eigenvalue weighted by Gasteiger charge is 2.03. The van der Waals surface area contributed by atoms with Crippen molar-refractivity contribution in [3.63, 3.8) is 0 Å². The maximum atomic E-state index is 5.79. The summed E-state index contributed by atoms with van der Waals surface area (Å²) in [4.78, 5) is 2.11. The maximum Gasteiger partial charge on any atom is 0.252 e. The van der Waals surface area contributed by atoms with Crippen molar-refractivity contribution in [2.24, 2.45) is 0 Å². The smallest absolute Gasteiger partial charge is 0.252 e. The van der Waals surface area contributed by atoms with Crippen molar-refractivity contribution < 1.29 is 9.30 Å². The van der Waals surface area contributed by atoms with Crippen LogP contribution in [0.5, 0.6) is 0 Å². The molecule has 0 unspecified atom stereocenters. The molecule has 0 radical (unpaired) electrons. The second-order valence-electron chi connectivity index (χ2n) is 7.40. The molecule has 1 aromatic rings. The zero-order chi connectivity index (χ0) is 18.2. The van der Waals surface area contributed by atoms with Gasteiger partial charge in [-0.2, -0.15) is 4.57 Å². The first kappa shape index (κ1) is 22.0. The number of nitrogens with zero attached hydrogens (tertiary/aromatic N) is 2. The Balaban J connectivity index is 1.87. The molecular weight excluding hydrogens is 308 g/mol. The molecular formula is C22H41N2O+. The van der Waals surface area contributed by atoms with Crippen LogP contribution in [0.3, 0.4) is 0 Å². The lowest BCUT2D eigenvalue weighted by Crippen LogP contribution is -2.35. The molecule has 0 aliphatic carbocycles. The lowest BCUT2D eigenvalue weighted by Gasteiger charge is -2.10. The Morgan fingerprint density at radius 1 is 0.840 bits per heavy atom. The van der Waals surface area contributed by atoms with Gasteiger partial charge in [0.2, 0.25) is 0 Å². The lowest BCUT2D eigenvalue weighted by atomic mass is 10.1. The maximum absolute atomic E-state index is 5.79. The Labute approximate surface area is 156 Å². The van der Waals surface area contributed by atoms with Crippen molar-refractivity contribution in [1.29, 1.82) is 0 Å². The van der Waals surface area contributed by atoms with Crippen LogP contribution in [0.4, 0.5) is 5.69 Å². The summed E-state index contributed by atoms with van der Waals surface area (Å²) in [6.45, 7) is 3.81. The van der Waals surface area contributed by atoms with Crippen LogP contribution in [0.25, 0.3) is 0 Å². The average molecular weight is 350 g/mol. The number of hydrogen-bond acceptors (Lipinski definition) is 2. The van der Waals surface area contributed by atoms with Gasteiger partial charge in [-0.1, -0.05) is 77.6 Å². The number of ether oxygens (including phenoxy) is 1. The fourth-order valence-electron chi connectivity index (χ4n) is 3.07. The Kier molecular flexibility index (Phi) is 13.3. The summed E-state index contributed by atoms with van der Waals surface area (Å²) in [6.07, 6.45) is 20.8. The van der Waals surface area contributed by atoms with Crippen LogP contribution in [-0.2, 0) is 11.5 Å². The summed E-state index contributed by atoms with van der Waals surface area (Å²) in [6, 6.07) is 4.18. The van der Waals surface area contributed by atoms with Gasteiger partial charge in [0, 0.05) is 20.2 Å². The van der Waals surface area contributed by atoms with Crippen LogP contribution < -0.4 is 9.47 Å². The van der Waals surface area contributed by atoms with Gasteiger partial charge in [-0.15, -0.1) is 0 Å². The largest absolute Gasteiger partial charge is 0.373 e. The summed E-state index contributed by atoms with van der Waals surface area (Å²) in [5.74, 6) is 0. The summed E-state index contributed by atoms with van der Waals surface area (Å²) >= 11 is 0. The average Bonchev–Trinajstić information content (AvgIpc) is 2.62. The molecule has 0 saturated heterocycles. The quantitative estimate of drug-likeness (QED) is 0.280. The van der Waals surface area contributed by atoms with E-state index in [1.165, 1.54) is 82.7 Å². The van der Waals surface area contributed by atoms with Crippen molar-refractivity contribution in [3.05, 3.63) is 24.5 Å². The van der Waals surface area contributed by atoms with Crippen LogP contribution in [0.15, 0.2) is 24.5 Å². The second kappa shape index (κ2) is 15.2. The zero-order valence-electron chi connectivity index (χ0n) is 17.0. The van der Waals surface area contributed by atoms with E-state index in [9.17, 15) is 0 Å². The second-order valence-corrected chi connectivity index (χ2v) is 7.40. The molecule has 0 fully saturated rings. The molecule has 0 saturated carbocycles. The lowest BCUT2D eigenvalue weighted by molar-refractivity contribution is -0.732. The van der Waals surface area contributed by atoms with Gasteiger partial charge in [0.15, 0.2) is 12.4 Å². The van der Waals surface area contributed by atoms with Gasteiger partial charge in [-0.05, 0) is 12.5 Å². The predicted octanol–water partition coefficient (Wildman–Crippen LogP) is 5.72. The number of unbranched alkanes of at least 4 members (excludes halogenated alkanes) is 11. The van der Waals surface area contributed by atoms with Gasteiger partial charge in [0.1, 0.15) is 5.69 Å². The number of hydrogen-bond donors (Lipinski definition) is 0. The van der Waals surface area contributed by atoms with Crippen molar-refractivity contribution in [3.8, 4) is 0 Å². The molecule has 1 rings (SSSR count). The minimum atomic E-state index is 0.652. The van der Waals surface area contributed by atoms with E-state index in [1.54, 1.807) is 0 Å². The third-order valence-electron chi connectivity index (χ3n) is 4.74. The molecule has 0 bridgehead atoms. The Morgan fingerprint density at radius 3 is 1.96 bits per heavy atom. The molecule has 0 spiro atoms. The summed E-state index contributed by atoms with van der Waals surface area (Å²) < 4.78 is 7.90. The summed E-state index contributed by atoms with van der Waals surface area (Å²) in [5.41, 5.74) is 1.21. The monoisotopic (exact) mass is 349 g/mol. The Morgan fingerprint density at radius 2 is 1.40 bits per heavy atom. The highest BCUT2D eigenvalue weighted by molar-refractivity contribution is 5.39. The zero-order valence-corrected chi connectivity index (χ0v) is 17.0. The molecule has 0 N–H and O–H groups in total. The van der Waals surface area contributed by atoms with Gasteiger partial charge in [-0.25, -0.2) is 0 Å². The third-order valence-corrected chi connectivity index (χ3v) is 4.74. The van der Waals surface area contributed by atoms with Crippen LogP contribution >= 0.6 is 0 Å². The van der Waals surface area contributed by atoms with E-state index in [0.717, 1.165) is 6.61 Å².